The maximum Gasteiger partial charge on any atom is 0.0714 e. The number of nitrogens with zero attached hydrogens (tertiary/aromatic N) is 1. The highest BCUT2D eigenvalue weighted by Crippen LogP contribution is 2.60. The van der Waals surface area contributed by atoms with Crippen molar-refractivity contribution in [2.75, 3.05) is 4.90 Å². The lowest BCUT2D eigenvalue weighted by molar-refractivity contribution is 0.768. The van der Waals surface area contributed by atoms with Gasteiger partial charge in [-0.25, -0.2) is 0 Å². The molecule has 1 aliphatic carbocycles. The molecule has 0 amide bonds. The van der Waals surface area contributed by atoms with Gasteiger partial charge in [-0.1, -0.05) is 249 Å². The van der Waals surface area contributed by atoms with Gasteiger partial charge in [-0.3, -0.25) is 0 Å². The van der Waals surface area contributed by atoms with E-state index in [2.05, 4.69) is 290 Å². The summed E-state index contributed by atoms with van der Waals surface area (Å²) in [6, 6.07) is 105. The van der Waals surface area contributed by atoms with Crippen molar-refractivity contribution in [3.8, 4) is 55.6 Å². The van der Waals surface area contributed by atoms with Crippen LogP contribution in [0.1, 0.15) is 22.3 Å². The third kappa shape index (κ3) is 6.78. The Morgan fingerprint density at radius 1 is 0.257 bits per heavy atom. The molecule has 12 aromatic rings. The number of benzene rings is 12. The average Bonchev–Trinajstić information content (AvgIpc) is 3.76. The summed E-state index contributed by atoms with van der Waals surface area (Å²) in [5.74, 6) is 0. The first-order chi connectivity index (χ1) is 34.7. The Labute approximate surface area is 409 Å². The lowest BCUT2D eigenvalue weighted by Gasteiger charge is -2.34. The second-order valence-corrected chi connectivity index (χ2v) is 18.3. The number of rotatable bonds is 9. The predicted octanol–water partition coefficient (Wildman–Crippen LogP) is 18.5. The van der Waals surface area contributed by atoms with Gasteiger partial charge < -0.3 is 4.90 Å². The molecule has 0 bridgehead atoms. The molecule has 0 N–H and O–H groups in total. The van der Waals surface area contributed by atoms with Crippen LogP contribution in [0.25, 0.3) is 77.2 Å². The highest BCUT2D eigenvalue weighted by molar-refractivity contribution is 6.14. The zero-order valence-electron chi connectivity index (χ0n) is 38.6. The van der Waals surface area contributed by atoms with Gasteiger partial charge in [-0.15, -0.1) is 0 Å². The highest BCUT2D eigenvalue weighted by atomic mass is 15.1. The fourth-order valence-electron chi connectivity index (χ4n) is 11.4. The van der Waals surface area contributed by atoms with Gasteiger partial charge in [0.2, 0.25) is 0 Å². The fourth-order valence-corrected chi connectivity index (χ4v) is 11.4. The number of hydrogen-bond donors (Lipinski definition) is 0. The molecule has 1 heteroatoms. The number of hydrogen-bond acceptors (Lipinski definition) is 1. The van der Waals surface area contributed by atoms with E-state index in [1.165, 1.54) is 77.2 Å². The SMILES string of the molecule is c1ccc(-c2cccc(-c3ccc(N(c4cc(-c5cc6ccccc6c6ccccc56)ccc4-c4ccccc4)c4cccc5c4-c4ccccc4C5(c4ccccc4)c4ccccc4)cc3)c2)cc1. The maximum absolute atomic E-state index is 2.54. The molecule has 70 heavy (non-hydrogen) atoms. The van der Waals surface area contributed by atoms with E-state index in [0.717, 1.165) is 39.3 Å². The van der Waals surface area contributed by atoms with Crippen molar-refractivity contribution in [1.29, 1.82) is 0 Å². The minimum atomic E-state index is -0.558. The first kappa shape index (κ1) is 41.2. The summed E-state index contributed by atoms with van der Waals surface area (Å²) < 4.78 is 0. The van der Waals surface area contributed by atoms with Crippen LogP contribution >= 0.6 is 0 Å². The van der Waals surface area contributed by atoms with Crippen molar-refractivity contribution >= 4 is 38.6 Å². The summed E-state index contributed by atoms with van der Waals surface area (Å²) in [6.45, 7) is 0. The Morgan fingerprint density at radius 2 is 0.771 bits per heavy atom. The normalized spacial score (nSPS) is 12.4. The zero-order chi connectivity index (χ0) is 46.4. The van der Waals surface area contributed by atoms with E-state index in [9.17, 15) is 0 Å². The molecule has 0 atom stereocenters. The monoisotopic (exact) mass is 889 g/mol. The molecule has 0 spiro atoms. The van der Waals surface area contributed by atoms with Crippen LogP contribution < -0.4 is 4.90 Å². The van der Waals surface area contributed by atoms with Gasteiger partial charge in [0.25, 0.3) is 0 Å². The Morgan fingerprint density at radius 3 is 1.47 bits per heavy atom. The van der Waals surface area contributed by atoms with Gasteiger partial charge in [-0.05, 0) is 125 Å². The van der Waals surface area contributed by atoms with Crippen LogP contribution in [0, 0.1) is 0 Å². The molecule has 328 valence electrons. The molecule has 0 aliphatic heterocycles. The van der Waals surface area contributed by atoms with Gasteiger partial charge in [0.05, 0.1) is 16.8 Å². The van der Waals surface area contributed by atoms with Crippen molar-refractivity contribution in [2.24, 2.45) is 0 Å². The van der Waals surface area contributed by atoms with E-state index < -0.39 is 5.41 Å². The Balaban J connectivity index is 1.10. The molecule has 1 nitrogen and oxygen atoms in total. The summed E-state index contributed by atoms with van der Waals surface area (Å²) in [5, 5.41) is 4.98. The Hall–Kier alpha value is -9.04. The molecule has 0 unspecified atom stereocenters. The highest BCUT2D eigenvalue weighted by Gasteiger charge is 2.47. The molecule has 0 aromatic heterocycles. The molecule has 0 heterocycles. The Kier molecular flexibility index (Phi) is 10.1. The van der Waals surface area contributed by atoms with Crippen molar-refractivity contribution in [2.45, 2.75) is 5.41 Å². The smallest absolute Gasteiger partial charge is 0.0714 e. The first-order valence-electron chi connectivity index (χ1n) is 24.2. The molecule has 1 aliphatic rings. The molecule has 12 aromatic carbocycles. The third-order valence-corrected chi connectivity index (χ3v) is 14.5. The van der Waals surface area contributed by atoms with Crippen LogP contribution in [0.4, 0.5) is 17.1 Å². The van der Waals surface area contributed by atoms with E-state index in [1.807, 2.05) is 0 Å². The van der Waals surface area contributed by atoms with E-state index >= 15 is 0 Å². The summed E-state index contributed by atoms with van der Waals surface area (Å²) in [7, 11) is 0. The van der Waals surface area contributed by atoms with Crippen molar-refractivity contribution < 1.29 is 0 Å². The number of fused-ring (bicyclic) bond motifs is 6. The van der Waals surface area contributed by atoms with Crippen molar-refractivity contribution in [1.82, 2.24) is 0 Å². The van der Waals surface area contributed by atoms with Crippen molar-refractivity contribution in [3.05, 3.63) is 307 Å². The van der Waals surface area contributed by atoms with Gasteiger partial charge in [-0.2, -0.15) is 0 Å². The standard InChI is InChI=1S/C69H47N/c1-5-21-48(22-6-1)51-26-19-27-52(45-51)49-39-42-57(43-40-49)70(66-38-20-37-65-68(66)62-35-17-18-36-64(62)69(65,55-28-9-3-10-29-55)56-30-11-4-12-31-56)67-47-54(41-44-59(67)50-23-7-2-8-24-50)63-46-53-25-13-14-32-58(53)60-33-15-16-34-61(60)63/h1-47H. The fraction of sp³-hybridized carbons (Fsp3) is 0.0145. The van der Waals surface area contributed by atoms with Crippen LogP contribution in [-0.4, -0.2) is 0 Å². The van der Waals surface area contributed by atoms with Crippen LogP contribution in [0.15, 0.2) is 285 Å². The zero-order valence-corrected chi connectivity index (χ0v) is 38.6. The van der Waals surface area contributed by atoms with Crippen LogP contribution in [0.5, 0.6) is 0 Å². The number of anilines is 3. The molecule has 0 saturated heterocycles. The average molecular weight is 890 g/mol. The van der Waals surface area contributed by atoms with E-state index in [0.29, 0.717) is 0 Å². The maximum atomic E-state index is 2.54. The van der Waals surface area contributed by atoms with Gasteiger partial charge in [0.1, 0.15) is 0 Å². The largest absolute Gasteiger partial charge is 0.309 e. The summed E-state index contributed by atoms with van der Waals surface area (Å²) in [4.78, 5) is 2.54. The van der Waals surface area contributed by atoms with E-state index in [1.54, 1.807) is 0 Å². The Bertz CT molecular complexity index is 3820. The molecule has 0 radical (unpaired) electrons. The van der Waals surface area contributed by atoms with E-state index in [-0.39, 0.29) is 0 Å². The van der Waals surface area contributed by atoms with Gasteiger partial charge in [0.15, 0.2) is 0 Å². The molecular weight excluding hydrogens is 843 g/mol. The second-order valence-electron chi connectivity index (χ2n) is 18.3. The summed E-state index contributed by atoms with van der Waals surface area (Å²) >= 11 is 0. The molecule has 13 rings (SSSR count). The first-order valence-corrected chi connectivity index (χ1v) is 24.2. The lowest BCUT2D eigenvalue weighted by Crippen LogP contribution is -2.28. The van der Waals surface area contributed by atoms with Gasteiger partial charge in [0, 0.05) is 16.8 Å². The molecule has 0 fully saturated rings. The van der Waals surface area contributed by atoms with Crippen LogP contribution in [0.3, 0.4) is 0 Å². The van der Waals surface area contributed by atoms with Crippen LogP contribution in [0.2, 0.25) is 0 Å². The van der Waals surface area contributed by atoms with Crippen LogP contribution in [-0.2, 0) is 5.41 Å². The molecule has 0 saturated carbocycles. The second kappa shape index (κ2) is 17.2. The minimum Gasteiger partial charge on any atom is -0.309 e. The van der Waals surface area contributed by atoms with Crippen molar-refractivity contribution in [3.63, 3.8) is 0 Å². The topological polar surface area (TPSA) is 3.24 Å². The molecular formula is C69H47N. The summed E-state index contributed by atoms with van der Waals surface area (Å²) in [5.41, 5.74) is 19.7. The quantitative estimate of drug-likeness (QED) is 0.131. The van der Waals surface area contributed by atoms with Gasteiger partial charge >= 0.3 is 0 Å². The van der Waals surface area contributed by atoms with E-state index in [4.69, 9.17) is 0 Å². The lowest BCUT2D eigenvalue weighted by atomic mass is 9.68. The minimum absolute atomic E-state index is 0.558. The summed E-state index contributed by atoms with van der Waals surface area (Å²) in [6.07, 6.45) is 0. The predicted molar refractivity (Wildman–Crippen MR) is 295 cm³/mol. The third-order valence-electron chi connectivity index (χ3n) is 14.5.